The smallest absolute Gasteiger partial charge is 0.409 e. The highest BCUT2D eigenvalue weighted by molar-refractivity contribution is 8.77. The highest BCUT2D eigenvalue weighted by Crippen LogP contribution is 2.49. The number of carbonyl (C=O) groups excluding carboxylic acids is 13. The van der Waals surface area contributed by atoms with Crippen molar-refractivity contribution in [3.05, 3.63) is 148 Å². The fourth-order valence-electron chi connectivity index (χ4n) is 15.0. The number of H-pyrrole nitrogens is 1. The van der Waals surface area contributed by atoms with E-state index in [1.807, 2.05) is 13.0 Å². The van der Waals surface area contributed by atoms with Crippen molar-refractivity contribution in [2.24, 2.45) is 17.4 Å². The molecule has 4 aliphatic rings. The molecule has 6 unspecified atom stereocenters. The van der Waals surface area contributed by atoms with Gasteiger partial charge in [0.25, 0.3) is 0 Å². The molecule has 4 aromatic carbocycles. The van der Waals surface area contributed by atoms with Gasteiger partial charge in [-0.1, -0.05) is 146 Å². The summed E-state index contributed by atoms with van der Waals surface area (Å²) < 4.78 is 29.4. The van der Waals surface area contributed by atoms with E-state index >= 15 is 4.79 Å². The molecule has 9 rings (SSSR count). The molecule has 4 aliphatic heterocycles. The second-order valence-electron chi connectivity index (χ2n) is 32.6. The zero-order chi connectivity index (χ0) is 94.7. The lowest BCUT2D eigenvalue weighted by Gasteiger charge is -2.42. The fraction of sp³-hybridized carbons (Fsp3) is 0.511. The maximum Gasteiger partial charge on any atom is 0.409 e. The van der Waals surface area contributed by atoms with Crippen molar-refractivity contribution in [3.63, 3.8) is 0 Å². The molecule has 12 amide bonds. The summed E-state index contributed by atoms with van der Waals surface area (Å²) in [6.45, 7) is 8.94. The Labute approximate surface area is 774 Å². The second kappa shape index (κ2) is 49.3. The summed E-state index contributed by atoms with van der Waals surface area (Å²) in [7, 11) is 8.73. The molecular formula is C88H118ClN15O22S4. The minimum absolute atomic E-state index is 0.00800. The maximum atomic E-state index is 15.0. The summed E-state index contributed by atoms with van der Waals surface area (Å²) in [4.78, 5) is 189. The molecule has 42 heteroatoms. The number of amides is 12. The highest BCUT2D eigenvalue weighted by atomic mass is 35.5. The Kier molecular flexibility index (Phi) is 39.3. The third-order valence-corrected chi connectivity index (χ3v) is 27.7. The van der Waals surface area contributed by atoms with Gasteiger partial charge in [0.2, 0.25) is 65.0 Å². The van der Waals surface area contributed by atoms with Gasteiger partial charge >= 0.3 is 12.1 Å². The van der Waals surface area contributed by atoms with Crippen molar-refractivity contribution < 1.29 is 106 Å². The predicted molar refractivity (Wildman–Crippen MR) is 493 cm³/mol. The number of aliphatic hydroxyl groups excluding tert-OH is 2. The number of halogens is 1. The first-order valence-corrected chi connectivity index (χ1v) is 48.0. The van der Waals surface area contributed by atoms with Crippen molar-refractivity contribution in [2.75, 3.05) is 68.8 Å². The van der Waals surface area contributed by atoms with Crippen molar-refractivity contribution in [1.29, 1.82) is 0 Å². The Morgan fingerprint density at radius 1 is 0.769 bits per heavy atom. The Morgan fingerprint density at radius 2 is 1.42 bits per heavy atom. The Morgan fingerprint density at radius 3 is 2.11 bits per heavy atom. The Hall–Kier alpha value is -10.2. The molecule has 0 aliphatic carbocycles. The van der Waals surface area contributed by atoms with Gasteiger partial charge < -0.3 is 119 Å². The monoisotopic (exact) mass is 1900 g/mol. The summed E-state index contributed by atoms with van der Waals surface area (Å²) in [5.74, 6) is -10.5. The number of benzene rings is 4. The van der Waals surface area contributed by atoms with Crippen LogP contribution in [0.2, 0.25) is 5.02 Å². The predicted octanol–water partition coefficient (Wildman–Crippen LogP) is 2.49. The van der Waals surface area contributed by atoms with Crippen LogP contribution in [0.5, 0.6) is 11.5 Å². The van der Waals surface area contributed by atoms with Gasteiger partial charge in [-0.3, -0.25) is 58.1 Å². The largest absolute Gasteiger partial charge is 0.508 e. The Bertz CT molecular complexity index is 4870. The molecule has 5 aromatic rings. The molecule has 708 valence electrons. The molecule has 37 nitrogen and oxygen atoms in total. The van der Waals surface area contributed by atoms with Crippen LogP contribution >= 0.6 is 54.8 Å². The average molecular weight is 1900 g/mol. The number of unbranched alkanes of at least 4 members (excludes halogenated alkanes) is 1. The quantitative estimate of drug-likeness (QED) is 0.0127. The third-order valence-electron chi connectivity index (χ3n) is 22.5. The molecule has 0 saturated carbocycles. The number of rotatable bonds is 32. The number of phenolic OH excluding ortho intramolecular Hbond substituents is 1. The summed E-state index contributed by atoms with van der Waals surface area (Å²) in [6.07, 6.45) is -1.55. The van der Waals surface area contributed by atoms with Crippen molar-refractivity contribution in [3.8, 4) is 11.5 Å². The molecule has 1 aromatic heterocycles. The molecule has 0 spiro atoms. The number of nitrogens with zero attached hydrogens (tertiary/aromatic N) is 1. The lowest BCUT2D eigenvalue weighted by molar-refractivity contribution is -0.157. The number of phenols is 1. The molecule has 130 heavy (non-hydrogen) atoms. The Balaban J connectivity index is 0.812. The van der Waals surface area contributed by atoms with Crippen LogP contribution in [-0.2, 0) is 102 Å². The van der Waals surface area contributed by atoms with Crippen LogP contribution in [0.3, 0.4) is 0 Å². The number of esters is 1. The number of methoxy groups -OCH3 is 2. The maximum absolute atomic E-state index is 15.0. The molecule has 18 atom stereocenters. The van der Waals surface area contributed by atoms with Gasteiger partial charge in [0.05, 0.1) is 43.6 Å². The SMILES string of the molecule is COc1cc2cc(c1Cl)N(C)C(=O)C[C@H](OC(=O)C(C)NC(=O)CCSSCCC(=O)NCCNC(=O)[C@@H](NC(=O)[C@@H]1CSSC[C@H](NC(=O)[C@H](N)Cc3ccccc3)C(=O)NC(Cc3ccc(O)cc3)C(=O)N[C@H](Cc3c[nH]c4ccccc34)C(=O)NC(CCCCN)C(=O)NC([C@@H](C)O)C(=O)N1)[C@@H](C)O)[C@]1(C)O[C@H]1[C@H](C)C1CC(O)(NC(=O)O1)[C@H](OC)/C=C/C=C(\C)C2. The number of nitrogens with one attached hydrogen (secondary N) is 12. The fourth-order valence-corrected chi connectivity index (χ4v) is 19.6. The normalized spacial score (nSPS) is 25.7. The van der Waals surface area contributed by atoms with Crippen LogP contribution in [0.25, 0.3) is 10.9 Å². The van der Waals surface area contributed by atoms with Gasteiger partial charge in [-0.2, -0.15) is 0 Å². The molecule has 4 bridgehead atoms. The molecule has 5 heterocycles. The van der Waals surface area contributed by atoms with E-state index < -0.39 is 197 Å². The minimum atomic E-state index is -1.93. The average Bonchev–Trinajstić information content (AvgIpc) is 1.57. The first-order valence-electron chi connectivity index (χ1n) is 42.7. The van der Waals surface area contributed by atoms with E-state index in [4.69, 9.17) is 46.8 Å². The minimum Gasteiger partial charge on any atom is -0.508 e. The molecule has 3 saturated heterocycles. The van der Waals surface area contributed by atoms with Gasteiger partial charge in [-0.15, -0.1) is 0 Å². The van der Waals surface area contributed by atoms with E-state index in [2.05, 4.69) is 63.5 Å². The van der Waals surface area contributed by atoms with Gasteiger partial charge in [-0.05, 0) is 126 Å². The molecule has 20 N–H and O–H groups in total. The number of anilines is 1. The highest BCUT2D eigenvalue weighted by Gasteiger charge is 2.65. The number of aromatic nitrogens is 1. The van der Waals surface area contributed by atoms with Crippen LogP contribution in [0.15, 0.2) is 121 Å². The lowest BCUT2D eigenvalue weighted by Crippen LogP contribution is -2.63. The van der Waals surface area contributed by atoms with E-state index in [1.165, 1.54) is 92.8 Å². The molecule has 3 fully saturated rings. The number of fused-ring (bicyclic) bond motifs is 6. The standard InChI is InChI=1S/C88H118ClN15O22S4/c1-47-18-17-24-68(123-9)88(121)43-67(124-86(120)103-88)48(2)76-87(6,126-76)69(42-72(110)104(7)65-39-54(36-47)40-66(122-8)73(65)89)125-85(119)49(3)95-71(109)30-35-128-127-34-29-70(108)92-32-33-93-83(117)74(50(4)105)101-82(116)64-46-130-129-45-63(99-77(111)58(91)37-52-19-11-10-12-20-52)81(115)97-61(38-53-25-27-56(107)28-26-53)79(113)98-62(41-55-44-94-59-22-14-13-21-57(55)59)80(114)96-60(23-15-16-31-90)78(112)102-75(51(5)106)84(118)100-64/h10-14,17-22,24-28,39-40,44,48-51,58,60-64,67-69,74-76,94,105-107,121H,15-16,23,29-38,41-43,45-46,90-91H2,1-9H3,(H,92,108)(H,93,117)(H,95,109)(H,96,114)(H,97,115)(H,98,113)(H,99,111)(H,100,118)(H,101,116)(H,102,112)(H,103,120)/b24-17+,47-18+/t48-,49?,50-,51-,58-,60?,61?,62-,63+,64+,67?,68-,69+,74+,75?,76+,87+,88?/m1/s1. The third kappa shape index (κ3) is 29.7. The second-order valence-corrected chi connectivity index (χ2v) is 38.3. The number of aromatic hydroxyl groups is 1. The van der Waals surface area contributed by atoms with Gasteiger partial charge in [0.15, 0.2) is 5.72 Å². The number of aliphatic hydroxyl groups is 3. The van der Waals surface area contributed by atoms with E-state index in [9.17, 15) is 78.0 Å². The van der Waals surface area contributed by atoms with Gasteiger partial charge in [-0.25, -0.2) is 9.59 Å². The van der Waals surface area contributed by atoms with Crippen LogP contribution in [0.1, 0.15) is 109 Å². The van der Waals surface area contributed by atoms with E-state index in [1.54, 1.807) is 98.9 Å². The van der Waals surface area contributed by atoms with E-state index in [-0.39, 0.29) is 99.0 Å². The number of hydrogen-bond donors (Lipinski definition) is 18. The number of para-hydroxylation sites is 1. The summed E-state index contributed by atoms with van der Waals surface area (Å²) >= 11 is 6.85. The zero-order valence-electron chi connectivity index (χ0n) is 73.7. The first kappa shape index (κ1) is 104. The number of ether oxygens (including phenoxy) is 5. The number of epoxide rings is 1. The van der Waals surface area contributed by atoms with Gasteiger partial charge in [0.1, 0.15) is 88.8 Å². The summed E-state index contributed by atoms with van der Waals surface area (Å²) in [5.41, 5.74) is 13.4. The first-order chi connectivity index (χ1) is 61.9. The van der Waals surface area contributed by atoms with E-state index in [0.29, 0.717) is 51.9 Å². The topological polar surface area (TPSA) is 556 Å². The van der Waals surface area contributed by atoms with Crippen LogP contribution in [-0.4, -0.2) is 269 Å². The number of aromatic amines is 1. The van der Waals surface area contributed by atoms with Gasteiger partial charge in [0, 0.05) is 105 Å². The summed E-state index contributed by atoms with van der Waals surface area (Å²) in [6, 6.07) is 11.7. The van der Waals surface area contributed by atoms with Crippen molar-refractivity contribution >= 4 is 148 Å². The lowest BCUT2D eigenvalue weighted by atomic mass is 9.83. The number of alkyl carbamates (subject to hydrolysis) is 1. The van der Waals surface area contributed by atoms with Crippen LogP contribution < -0.4 is 79.6 Å². The number of allylic oxidation sites excluding steroid dienone is 3. The number of hydrogen-bond acceptors (Lipinski definition) is 28. The van der Waals surface area contributed by atoms with Crippen molar-refractivity contribution in [1.82, 2.24) is 63.5 Å². The number of nitrogens with two attached hydrogens (primary N) is 2. The molecular weight excluding hydrogens is 1780 g/mol. The number of carbonyl (C=O) groups is 13. The van der Waals surface area contributed by atoms with E-state index in [0.717, 1.165) is 32.7 Å². The van der Waals surface area contributed by atoms with Crippen LogP contribution in [0, 0.1) is 5.92 Å². The van der Waals surface area contributed by atoms with Crippen LogP contribution in [0.4, 0.5) is 10.5 Å². The van der Waals surface area contributed by atoms with Crippen molar-refractivity contribution in [2.45, 2.75) is 214 Å². The zero-order valence-corrected chi connectivity index (χ0v) is 77.7. The molecule has 0 radical (unpaired) electrons. The summed E-state index contributed by atoms with van der Waals surface area (Å²) in [5, 5.41) is 74.3.